The third-order valence-electron chi connectivity index (χ3n) is 15.8. The number of nitrogens with zero attached hydrogens (tertiary/aromatic N) is 1. The topological polar surface area (TPSA) is 3.24 Å². The van der Waals surface area contributed by atoms with Crippen molar-refractivity contribution in [3.63, 3.8) is 0 Å². The van der Waals surface area contributed by atoms with E-state index in [0.29, 0.717) is 0 Å². The molecule has 3 heteroatoms. The average Bonchev–Trinajstić information content (AvgIpc) is 4.31. The van der Waals surface area contributed by atoms with Crippen LogP contribution in [0.25, 0.3) is 96.0 Å². The van der Waals surface area contributed by atoms with Crippen LogP contribution in [0.1, 0.15) is 22.3 Å². The predicted molar refractivity (Wildman–Crippen MR) is 326 cm³/mol. The molecule has 2 aromatic heterocycles. The summed E-state index contributed by atoms with van der Waals surface area (Å²) in [6, 6.07) is 106. The summed E-state index contributed by atoms with van der Waals surface area (Å²) in [5.74, 6) is 0. The van der Waals surface area contributed by atoms with Gasteiger partial charge in [-0.15, -0.1) is 22.7 Å². The molecule has 12 aromatic carbocycles. The smallest absolute Gasteiger partial charge is 0.0713 e. The SMILES string of the molecule is c1ccc(C2(c3ccccc3)c3ccccc3-c3cc(N(c4ccc(-c5ccc(-c6ccc7sc8ccccc8c7c6)cc5)cc4)c4ccc(-c5cccc(-c6cccc7c6sc6ccccc67)c5)cc4)ccc32)cc1. The van der Waals surface area contributed by atoms with Gasteiger partial charge in [-0.2, -0.15) is 0 Å². The summed E-state index contributed by atoms with van der Waals surface area (Å²) in [6.45, 7) is 0. The number of fused-ring (bicyclic) bond motifs is 9. The van der Waals surface area contributed by atoms with Crippen molar-refractivity contribution >= 4 is 80.1 Å². The maximum Gasteiger partial charge on any atom is 0.0713 e. The van der Waals surface area contributed by atoms with Gasteiger partial charge >= 0.3 is 0 Å². The fourth-order valence-electron chi connectivity index (χ4n) is 12.2. The summed E-state index contributed by atoms with van der Waals surface area (Å²) in [5.41, 5.74) is 20.1. The second-order valence-corrected chi connectivity index (χ2v) is 22.1. The van der Waals surface area contributed by atoms with Crippen LogP contribution in [0.15, 0.2) is 285 Å². The Hall–Kier alpha value is -9.12. The molecule has 0 amide bonds. The molecule has 0 fully saturated rings. The van der Waals surface area contributed by atoms with Crippen molar-refractivity contribution in [2.24, 2.45) is 0 Å². The minimum absolute atomic E-state index is 0.473. The van der Waals surface area contributed by atoms with Crippen LogP contribution >= 0.6 is 22.7 Å². The molecule has 2 heterocycles. The molecule has 1 nitrogen and oxygen atoms in total. The maximum atomic E-state index is 2.43. The normalized spacial score (nSPS) is 12.6. The fraction of sp³-hybridized carbons (Fsp3) is 0.0137. The van der Waals surface area contributed by atoms with Gasteiger partial charge in [0, 0.05) is 57.4 Å². The number of anilines is 3. The van der Waals surface area contributed by atoms with E-state index in [1.54, 1.807) is 0 Å². The number of thiophene rings is 2. The van der Waals surface area contributed by atoms with Gasteiger partial charge in [0.25, 0.3) is 0 Å². The minimum atomic E-state index is -0.473. The van der Waals surface area contributed by atoms with Crippen molar-refractivity contribution in [2.75, 3.05) is 4.90 Å². The molecule has 1 aliphatic rings. The Bertz CT molecular complexity index is 4450. The van der Waals surface area contributed by atoms with Gasteiger partial charge in [-0.25, -0.2) is 0 Å². The highest BCUT2D eigenvalue weighted by molar-refractivity contribution is 7.26. The standard InChI is InChI=1S/C73H47NS2/c1-3-17-55(18-4-1)73(56-19-5-2-6-20-56)67-26-10-7-21-61(67)65-47-59(42-43-68(65)73)74(57-38-33-49(34-39-57)48-29-31-50(32-30-48)53-37-44-71-66(46-53)63-23-9-11-27-69(63)75-71)58-40-35-51(36-41-58)52-15-13-16-54(45-52)60-24-14-25-64-62-22-8-12-28-70(62)76-72(60)64/h1-47H. The van der Waals surface area contributed by atoms with Crippen molar-refractivity contribution in [1.29, 1.82) is 0 Å². The maximum absolute atomic E-state index is 2.43. The molecule has 0 atom stereocenters. The number of hydrogen-bond acceptors (Lipinski definition) is 3. The van der Waals surface area contributed by atoms with Crippen LogP contribution in [0.2, 0.25) is 0 Å². The van der Waals surface area contributed by atoms with Gasteiger partial charge in [0.1, 0.15) is 0 Å². The van der Waals surface area contributed by atoms with E-state index in [1.165, 1.54) is 118 Å². The monoisotopic (exact) mass is 1000 g/mol. The Balaban J connectivity index is 0.822. The lowest BCUT2D eigenvalue weighted by Gasteiger charge is -2.34. The first-order valence-corrected chi connectivity index (χ1v) is 27.7. The molecule has 0 saturated carbocycles. The summed E-state index contributed by atoms with van der Waals surface area (Å²) in [6.07, 6.45) is 0. The van der Waals surface area contributed by atoms with Crippen LogP contribution in [-0.4, -0.2) is 0 Å². The Morgan fingerprint density at radius 3 is 1.39 bits per heavy atom. The first-order valence-electron chi connectivity index (χ1n) is 26.0. The van der Waals surface area contributed by atoms with E-state index in [0.717, 1.165) is 17.1 Å². The molecule has 15 rings (SSSR count). The Kier molecular flexibility index (Phi) is 10.6. The zero-order valence-electron chi connectivity index (χ0n) is 41.4. The second-order valence-electron chi connectivity index (χ2n) is 19.9. The van der Waals surface area contributed by atoms with Gasteiger partial charge in [-0.1, -0.05) is 218 Å². The Labute approximate surface area is 450 Å². The van der Waals surface area contributed by atoms with Crippen LogP contribution in [0.5, 0.6) is 0 Å². The zero-order chi connectivity index (χ0) is 50.2. The predicted octanol–water partition coefficient (Wildman–Crippen LogP) is 20.9. The molecule has 0 N–H and O–H groups in total. The van der Waals surface area contributed by atoms with Crippen molar-refractivity contribution in [2.45, 2.75) is 5.41 Å². The molecule has 356 valence electrons. The summed E-state index contributed by atoms with van der Waals surface area (Å²) < 4.78 is 5.31. The lowest BCUT2D eigenvalue weighted by atomic mass is 9.68. The lowest BCUT2D eigenvalue weighted by Crippen LogP contribution is -2.28. The molecular weight excluding hydrogens is 955 g/mol. The summed E-state index contributed by atoms with van der Waals surface area (Å²) >= 11 is 3.74. The first kappa shape index (κ1) is 44.4. The number of benzene rings is 12. The van der Waals surface area contributed by atoms with E-state index in [9.17, 15) is 0 Å². The van der Waals surface area contributed by atoms with Crippen LogP contribution < -0.4 is 4.90 Å². The zero-order valence-corrected chi connectivity index (χ0v) is 43.0. The van der Waals surface area contributed by atoms with Crippen molar-refractivity contribution < 1.29 is 0 Å². The summed E-state index contributed by atoms with van der Waals surface area (Å²) in [4.78, 5) is 2.42. The van der Waals surface area contributed by atoms with Crippen LogP contribution in [-0.2, 0) is 5.41 Å². The average molecular weight is 1000 g/mol. The van der Waals surface area contributed by atoms with Crippen molar-refractivity contribution in [1.82, 2.24) is 0 Å². The van der Waals surface area contributed by atoms with E-state index in [-0.39, 0.29) is 0 Å². The first-order chi connectivity index (χ1) is 37.7. The highest BCUT2D eigenvalue weighted by Crippen LogP contribution is 2.57. The number of rotatable bonds is 9. The third kappa shape index (κ3) is 7.19. The molecule has 0 bridgehead atoms. The van der Waals surface area contributed by atoms with Crippen molar-refractivity contribution in [3.05, 3.63) is 307 Å². The van der Waals surface area contributed by atoms with Crippen LogP contribution in [0, 0.1) is 0 Å². The highest BCUT2D eigenvalue weighted by Gasteiger charge is 2.46. The molecular formula is C73H47NS2. The minimum Gasteiger partial charge on any atom is -0.310 e. The molecule has 0 aliphatic heterocycles. The van der Waals surface area contributed by atoms with E-state index in [4.69, 9.17) is 0 Å². The van der Waals surface area contributed by atoms with E-state index in [1.807, 2.05) is 22.7 Å². The molecule has 0 radical (unpaired) electrons. The van der Waals surface area contributed by atoms with Gasteiger partial charge in [0.2, 0.25) is 0 Å². The van der Waals surface area contributed by atoms with Crippen LogP contribution in [0.4, 0.5) is 17.1 Å². The Morgan fingerprint density at radius 2 is 0.711 bits per heavy atom. The highest BCUT2D eigenvalue weighted by atomic mass is 32.1. The molecule has 1 aliphatic carbocycles. The second kappa shape index (κ2) is 18.1. The lowest BCUT2D eigenvalue weighted by molar-refractivity contribution is 0.768. The molecule has 14 aromatic rings. The molecule has 0 unspecified atom stereocenters. The summed E-state index contributed by atoms with van der Waals surface area (Å²) in [7, 11) is 0. The molecule has 76 heavy (non-hydrogen) atoms. The van der Waals surface area contributed by atoms with E-state index >= 15 is 0 Å². The largest absolute Gasteiger partial charge is 0.310 e. The van der Waals surface area contributed by atoms with Gasteiger partial charge < -0.3 is 4.90 Å². The van der Waals surface area contributed by atoms with Crippen molar-refractivity contribution in [3.8, 4) is 55.6 Å². The third-order valence-corrected chi connectivity index (χ3v) is 18.2. The van der Waals surface area contributed by atoms with Gasteiger partial charge in [-0.3, -0.25) is 0 Å². The van der Waals surface area contributed by atoms with Crippen LogP contribution in [0.3, 0.4) is 0 Å². The van der Waals surface area contributed by atoms with Gasteiger partial charge in [-0.05, 0) is 145 Å². The fourth-order valence-corrected chi connectivity index (χ4v) is 14.6. The Morgan fingerprint density at radius 1 is 0.250 bits per heavy atom. The van der Waals surface area contributed by atoms with E-state index in [2.05, 4.69) is 290 Å². The summed E-state index contributed by atoms with van der Waals surface area (Å²) in [5, 5.41) is 5.28. The van der Waals surface area contributed by atoms with E-state index < -0.39 is 5.41 Å². The molecule has 0 spiro atoms. The quantitative estimate of drug-likeness (QED) is 0.139. The van der Waals surface area contributed by atoms with Gasteiger partial charge in [0.15, 0.2) is 0 Å². The number of hydrogen-bond donors (Lipinski definition) is 0. The molecule has 0 saturated heterocycles. The van der Waals surface area contributed by atoms with Gasteiger partial charge in [0.05, 0.1) is 5.41 Å².